The van der Waals surface area contributed by atoms with Crippen molar-refractivity contribution in [1.82, 2.24) is 20.2 Å². The maximum atomic E-state index is 12.2. The number of aromatic amines is 1. The summed E-state index contributed by atoms with van der Waals surface area (Å²) >= 11 is 0. The Hall–Kier alpha value is -1.20. The molecule has 0 aliphatic carbocycles. The van der Waals surface area contributed by atoms with Gasteiger partial charge in [0.15, 0.2) is 0 Å². The Morgan fingerprint density at radius 3 is 2.75 bits per heavy atom. The van der Waals surface area contributed by atoms with E-state index in [4.69, 9.17) is 4.98 Å². The number of nitrogens with one attached hydrogen (secondary N) is 2. The van der Waals surface area contributed by atoms with E-state index in [2.05, 4.69) is 22.2 Å². The molecule has 5 heteroatoms. The third-order valence-electron chi connectivity index (χ3n) is 5.44. The SMILES string of the molecule is CN1C2CCC1CC(c1nc3c(c(=O)[nH]1)CNCC3)C2. The Labute approximate surface area is 118 Å². The molecule has 0 radical (unpaired) electrons. The molecule has 108 valence electrons. The Balaban J connectivity index is 1.66. The van der Waals surface area contributed by atoms with Gasteiger partial charge >= 0.3 is 0 Å². The van der Waals surface area contributed by atoms with Crippen LogP contribution in [-0.2, 0) is 13.0 Å². The van der Waals surface area contributed by atoms with E-state index in [9.17, 15) is 4.79 Å². The molecule has 0 saturated carbocycles. The molecule has 2 fully saturated rings. The summed E-state index contributed by atoms with van der Waals surface area (Å²) in [4.78, 5) is 22.6. The first-order valence-corrected chi connectivity index (χ1v) is 7.77. The fourth-order valence-electron chi connectivity index (χ4n) is 4.20. The standard InChI is InChI=1S/C15H22N4O/c1-19-10-2-3-11(19)7-9(6-10)14-17-13-4-5-16-8-12(13)15(20)18-14/h9-11,16H,2-8H2,1H3,(H,17,18,20). The highest BCUT2D eigenvalue weighted by atomic mass is 16.1. The lowest BCUT2D eigenvalue weighted by atomic mass is 9.90. The van der Waals surface area contributed by atoms with Crippen LogP contribution >= 0.6 is 0 Å². The average Bonchev–Trinajstić information content (AvgIpc) is 2.68. The number of aromatic nitrogens is 2. The highest BCUT2D eigenvalue weighted by Crippen LogP contribution is 2.40. The van der Waals surface area contributed by atoms with Gasteiger partial charge in [0.05, 0.1) is 11.3 Å². The summed E-state index contributed by atoms with van der Waals surface area (Å²) in [7, 11) is 2.24. The van der Waals surface area contributed by atoms with Crippen molar-refractivity contribution >= 4 is 0 Å². The molecule has 0 amide bonds. The molecule has 20 heavy (non-hydrogen) atoms. The second-order valence-electron chi connectivity index (χ2n) is 6.52. The van der Waals surface area contributed by atoms with Crippen molar-refractivity contribution < 1.29 is 0 Å². The third-order valence-corrected chi connectivity index (χ3v) is 5.44. The number of nitrogens with zero attached hydrogens (tertiary/aromatic N) is 2. The van der Waals surface area contributed by atoms with Crippen molar-refractivity contribution in [2.24, 2.45) is 0 Å². The molecule has 3 aliphatic rings. The summed E-state index contributed by atoms with van der Waals surface area (Å²) in [6.07, 6.45) is 5.78. The van der Waals surface area contributed by atoms with Crippen molar-refractivity contribution in [3.05, 3.63) is 27.4 Å². The quantitative estimate of drug-likeness (QED) is 0.793. The number of H-pyrrole nitrogens is 1. The highest BCUT2D eigenvalue weighted by molar-refractivity contribution is 5.22. The lowest BCUT2D eigenvalue weighted by molar-refractivity contribution is 0.158. The summed E-state index contributed by atoms with van der Waals surface area (Å²) in [6.45, 7) is 1.60. The molecule has 2 unspecified atom stereocenters. The summed E-state index contributed by atoms with van der Waals surface area (Å²) in [6, 6.07) is 1.36. The molecular weight excluding hydrogens is 252 g/mol. The van der Waals surface area contributed by atoms with Gasteiger partial charge in [-0.05, 0) is 32.7 Å². The Morgan fingerprint density at radius 1 is 1.25 bits per heavy atom. The van der Waals surface area contributed by atoms with Crippen LogP contribution in [0.3, 0.4) is 0 Å². The van der Waals surface area contributed by atoms with Gasteiger partial charge in [-0.2, -0.15) is 0 Å². The van der Waals surface area contributed by atoms with Gasteiger partial charge in [0, 0.05) is 37.5 Å². The van der Waals surface area contributed by atoms with E-state index in [0.29, 0.717) is 24.5 Å². The molecule has 2 saturated heterocycles. The molecule has 0 aromatic carbocycles. The second-order valence-corrected chi connectivity index (χ2v) is 6.52. The van der Waals surface area contributed by atoms with Crippen molar-refractivity contribution in [2.75, 3.05) is 13.6 Å². The molecule has 0 spiro atoms. The third kappa shape index (κ3) is 1.91. The first-order valence-electron chi connectivity index (χ1n) is 7.77. The predicted octanol–water partition coefficient (Wildman–Crippen LogP) is 0.756. The smallest absolute Gasteiger partial charge is 0.255 e. The Bertz CT molecular complexity index is 568. The van der Waals surface area contributed by atoms with Gasteiger partial charge in [0.1, 0.15) is 5.82 Å². The average molecular weight is 274 g/mol. The van der Waals surface area contributed by atoms with E-state index < -0.39 is 0 Å². The van der Waals surface area contributed by atoms with Crippen LogP contribution in [0.1, 0.15) is 48.7 Å². The summed E-state index contributed by atoms with van der Waals surface area (Å²) in [5, 5.41) is 3.24. The zero-order valence-electron chi connectivity index (χ0n) is 12.0. The molecule has 4 rings (SSSR count). The fourth-order valence-corrected chi connectivity index (χ4v) is 4.20. The number of piperidine rings is 1. The number of rotatable bonds is 1. The molecule has 3 aliphatic heterocycles. The topological polar surface area (TPSA) is 61.0 Å². The monoisotopic (exact) mass is 274 g/mol. The fraction of sp³-hybridized carbons (Fsp3) is 0.733. The minimum atomic E-state index is 0.0727. The maximum absolute atomic E-state index is 12.2. The highest BCUT2D eigenvalue weighted by Gasteiger charge is 2.39. The van der Waals surface area contributed by atoms with Crippen LogP contribution in [0.15, 0.2) is 4.79 Å². The Kier molecular flexibility index (Phi) is 2.93. The van der Waals surface area contributed by atoms with Crippen molar-refractivity contribution in [1.29, 1.82) is 0 Å². The van der Waals surface area contributed by atoms with Crippen LogP contribution in [0.25, 0.3) is 0 Å². The normalized spacial score (nSPS) is 33.1. The second kappa shape index (κ2) is 4.67. The van der Waals surface area contributed by atoms with E-state index in [1.54, 1.807) is 0 Å². The minimum Gasteiger partial charge on any atom is -0.312 e. The summed E-state index contributed by atoms with van der Waals surface area (Å²) < 4.78 is 0. The Morgan fingerprint density at radius 2 is 2.00 bits per heavy atom. The van der Waals surface area contributed by atoms with Gasteiger partial charge in [-0.3, -0.25) is 4.79 Å². The van der Waals surface area contributed by atoms with Crippen LogP contribution in [0, 0.1) is 0 Å². The number of fused-ring (bicyclic) bond motifs is 3. The van der Waals surface area contributed by atoms with E-state index in [-0.39, 0.29) is 5.56 Å². The lowest BCUT2D eigenvalue weighted by Gasteiger charge is -2.36. The summed E-state index contributed by atoms with van der Waals surface area (Å²) in [5.74, 6) is 1.39. The molecule has 4 heterocycles. The lowest BCUT2D eigenvalue weighted by Crippen LogP contribution is -2.40. The van der Waals surface area contributed by atoms with E-state index in [1.807, 2.05) is 0 Å². The molecule has 5 nitrogen and oxygen atoms in total. The molecule has 2 N–H and O–H groups in total. The van der Waals surface area contributed by atoms with Crippen LogP contribution in [0.4, 0.5) is 0 Å². The van der Waals surface area contributed by atoms with Gasteiger partial charge in [0.2, 0.25) is 0 Å². The molecular formula is C15H22N4O. The van der Waals surface area contributed by atoms with Gasteiger partial charge in [0.25, 0.3) is 5.56 Å². The molecule has 2 bridgehead atoms. The van der Waals surface area contributed by atoms with E-state index >= 15 is 0 Å². The maximum Gasteiger partial charge on any atom is 0.255 e. The molecule has 1 aromatic rings. The van der Waals surface area contributed by atoms with Crippen molar-refractivity contribution in [2.45, 2.75) is 56.7 Å². The summed E-state index contributed by atoms with van der Waals surface area (Å²) in [5.41, 5.74) is 1.94. The zero-order valence-corrected chi connectivity index (χ0v) is 12.0. The van der Waals surface area contributed by atoms with Gasteiger partial charge in [-0.25, -0.2) is 4.98 Å². The van der Waals surface area contributed by atoms with Crippen LogP contribution < -0.4 is 10.9 Å². The largest absolute Gasteiger partial charge is 0.312 e. The molecule has 1 aromatic heterocycles. The van der Waals surface area contributed by atoms with Crippen LogP contribution in [0.5, 0.6) is 0 Å². The zero-order chi connectivity index (χ0) is 13.7. The van der Waals surface area contributed by atoms with Gasteiger partial charge < -0.3 is 15.2 Å². The minimum absolute atomic E-state index is 0.0727. The first-order chi connectivity index (χ1) is 9.72. The van der Waals surface area contributed by atoms with E-state index in [1.165, 1.54) is 12.8 Å². The predicted molar refractivity (Wildman–Crippen MR) is 76.8 cm³/mol. The first kappa shape index (κ1) is 12.5. The van der Waals surface area contributed by atoms with Gasteiger partial charge in [-0.1, -0.05) is 0 Å². The van der Waals surface area contributed by atoms with Crippen LogP contribution in [-0.4, -0.2) is 40.5 Å². The molecule has 2 atom stereocenters. The van der Waals surface area contributed by atoms with Gasteiger partial charge in [-0.15, -0.1) is 0 Å². The van der Waals surface area contributed by atoms with Crippen LogP contribution in [0.2, 0.25) is 0 Å². The number of hydrogen-bond acceptors (Lipinski definition) is 4. The van der Waals surface area contributed by atoms with E-state index in [0.717, 1.165) is 42.9 Å². The van der Waals surface area contributed by atoms with Crippen molar-refractivity contribution in [3.8, 4) is 0 Å². The number of hydrogen-bond donors (Lipinski definition) is 2. The van der Waals surface area contributed by atoms with Crippen molar-refractivity contribution in [3.63, 3.8) is 0 Å².